The molecule has 1 aromatic heterocycles. The highest BCUT2D eigenvalue weighted by Gasteiger charge is 2.08. The summed E-state index contributed by atoms with van der Waals surface area (Å²) in [5.74, 6) is -0.767. The highest BCUT2D eigenvalue weighted by atomic mass is 32.1. The quantitative estimate of drug-likeness (QED) is 0.888. The molecular weight excluding hydrogens is 272 g/mol. The Hall–Kier alpha value is -1.72. The zero-order valence-electron chi connectivity index (χ0n) is 11.7. The molecule has 0 spiro atoms. The van der Waals surface area contributed by atoms with Gasteiger partial charge in [0.1, 0.15) is 5.01 Å². The van der Waals surface area contributed by atoms with Crippen molar-refractivity contribution < 1.29 is 9.90 Å². The Morgan fingerprint density at radius 3 is 2.70 bits per heavy atom. The van der Waals surface area contributed by atoms with E-state index in [2.05, 4.69) is 36.2 Å². The second-order valence-corrected chi connectivity index (χ2v) is 5.82. The fourth-order valence-corrected chi connectivity index (χ4v) is 2.72. The molecule has 0 amide bonds. The summed E-state index contributed by atoms with van der Waals surface area (Å²) in [7, 11) is 1.91. The average molecular weight is 290 g/mol. The second kappa shape index (κ2) is 6.63. The number of aryl methyl sites for hydroxylation is 1. The Bertz CT molecular complexity index is 578. The van der Waals surface area contributed by atoms with Crippen LogP contribution in [0.3, 0.4) is 0 Å². The predicted octanol–water partition coefficient (Wildman–Crippen LogP) is 3.03. The van der Waals surface area contributed by atoms with E-state index in [1.807, 2.05) is 17.3 Å². The normalized spacial score (nSPS) is 10.9. The first-order valence-electron chi connectivity index (χ1n) is 6.46. The van der Waals surface area contributed by atoms with E-state index in [0.717, 1.165) is 16.3 Å². The van der Waals surface area contributed by atoms with Gasteiger partial charge in [0.05, 0.1) is 18.7 Å². The summed E-state index contributed by atoms with van der Waals surface area (Å²) in [4.78, 5) is 17.1. The molecule has 20 heavy (non-hydrogen) atoms. The third-order valence-electron chi connectivity index (χ3n) is 3.01. The average Bonchev–Trinajstić information content (AvgIpc) is 2.85. The van der Waals surface area contributed by atoms with E-state index in [1.165, 1.54) is 5.56 Å². The van der Waals surface area contributed by atoms with Crippen LogP contribution < -0.4 is 0 Å². The van der Waals surface area contributed by atoms with Crippen molar-refractivity contribution in [2.24, 2.45) is 0 Å². The first-order valence-corrected chi connectivity index (χ1v) is 7.34. The predicted molar refractivity (Wildman–Crippen MR) is 80.9 cm³/mol. The lowest BCUT2D eigenvalue weighted by atomic mass is 10.1. The number of aromatic nitrogens is 1. The van der Waals surface area contributed by atoms with Gasteiger partial charge in [0.15, 0.2) is 0 Å². The van der Waals surface area contributed by atoms with Crippen LogP contribution in [-0.2, 0) is 11.3 Å². The Morgan fingerprint density at radius 1 is 1.35 bits per heavy atom. The molecule has 4 nitrogen and oxygen atoms in total. The van der Waals surface area contributed by atoms with Gasteiger partial charge in [-0.3, -0.25) is 9.69 Å². The number of rotatable bonds is 6. The molecular formula is C15H18N2O2S. The molecule has 0 atom stereocenters. The van der Waals surface area contributed by atoms with Gasteiger partial charge in [-0.15, -0.1) is 11.3 Å². The van der Waals surface area contributed by atoms with Gasteiger partial charge in [-0.2, -0.15) is 0 Å². The van der Waals surface area contributed by atoms with Gasteiger partial charge in [-0.05, 0) is 14.0 Å². The van der Waals surface area contributed by atoms with Crippen molar-refractivity contribution in [2.75, 3.05) is 13.6 Å². The number of hydrogen-bond donors (Lipinski definition) is 1. The maximum absolute atomic E-state index is 10.5. The third kappa shape index (κ3) is 4.15. The number of carboxylic acids is 1. The van der Waals surface area contributed by atoms with Gasteiger partial charge < -0.3 is 5.11 Å². The minimum absolute atomic E-state index is 0.159. The fourth-order valence-electron chi connectivity index (χ4n) is 1.84. The van der Waals surface area contributed by atoms with Crippen LogP contribution in [0.5, 0.6) is 0 Å². The molecule has 1 N–H and O–H groups in total. The SMILES string of the molecule is Cc1ccc(-c2csc(CN(C)CCC(=O)O)n2)cc1. The fraction of sp³-hybridized carbons (Fsp3) is 0.333. The van der Waals surface area contributed by atoms with Crippen molar-refractivity contribution in [2.45, 2.75) is 19.9 Å². The number of carboxylic acid groups (broad SMARTS) is 1. The Kier molecular flexibility index (Phi) is 4.87. The smallest absolute Gasteiger partial charge is 0.304 e. The molecule has 0 bridgehead atoms. The highest BCUT2D eigenvalue weighted by Crippen LogP contribution is 2.22. The molecule has 2 rings (SSSR count). The molecule has 0 saturated heterocycles. The van der Waals surface area contributed by atoms with E-state index in [9.17, 15) is 4.79 Å². The van der Waals surface area contributed by atoms with Gasteiger partial charge in [0.25, 0.3) is 0 Å². The van der Waals surface area contributed by atoms with Crippen molar-refractivity contribution in [1.29, 1.82) is 0 Å². The summed E-state index contributed by atoms with van der Waals surface area (Å²) >= 11 is 1.61. The number of aliphatic carboxylic acids is 1. The summed E-state index contributed by atoms with van der Waals surface area (Å²) in [6, 6.07) is 8.30. The largest absolute Gasteiger partial charge is 0.481 e. The molecule has 0 fully saturated rings. The number of benzene rings is 1. The lowest BCUT2D eigenvalue weighted by Gasteiger charge is -2.12. The van der Waals surface area contributed by atoms with Crippen LogP contribution in [0.1, 0.15) is 17.0 Å². The van der Waals surface area contributed by atoms with Crippen LogP contribution in [0.4, 0.5) is 0 Å². The molecule has 0 aliphatic carbocycles. The molecule has 2 aromatic rings. The van der Waals surface area contributed by atoms with Crippen LogP contribution >= 0.6 is 11.3 Å². The molecule has 0 saturated carbocycles. The maximum atomic E-state index is 10.5. The van der Waals surface area contributed by atoms with E-state index >= 15 is 0 Å². The molecule has 0 aliphatic rings. The number of carbonyl (C=O) groups is 1. The van der Waals surface area contributed by atoms with Crippen LogP contribution in [-0.4, -0.2) is 34.6 Å². The van der Waals surface area contributed by atoms with E-state index in [0.29, 0.717) is 13.1 Å². The van der Waals surface area contributed by atoms with Crippen molar-refractivity contribution in [3.05, 3.63) is 40.2 Å². The maximum Gasteiger partial charge on any atom is 0.304 e. The van der Waals surface area contributed by atoms with Gasteiger partial charge in [-0.25, -0.2) is 4.98 Å². The van der Waals surface area contributed by atoms with Gasteiger partial charge in [0.2, 0.25) is 0 Å². The summed E-state index contributed by atoms with van der Waals surface area (Å²) in [6.45, 7) is 3.28. The molecule has 1 heterocycles. The van der Waals surface area contributed by atoms with Crippen molar-refractivity contribution >= 4 is 17.3 Å². The zero-order valence-corrected chi connectivity index (χ0v) is 12.5. The molecule has 106 valence electrons. The molecule has 5 heteroatoms. The Morgan fingerprint density at radius 2 is 2.05 bits per heavy atom. The van der Waals surface area contributed by atoms with E-state index in [1.54, 1.807) is 11.3 Å². The van der Waals surface area contributed by atoms with Crippen molar-refractivity contribution in [1.82, 2.24) is 9.88 Å². The van der Waals surface area contributed by atoms with Gasteiger partial charge in [-0.1, -0.05) is 29.8 Å². The minimum Gasteiger partial charge on any atom is -0.481 e. The summed E-state index contributed by atoms with van der Waals surface area (Å²) < 4.78 is 0. The molecule has 0 radical (unpaired) electrons. The topological polar surface area (TPSA) is 53.4 Å². The van der Waals surface area contributed by atoms with E-state index in [-0.39, 0.29) is 6.42 Å². The first kappa shape index (κ1) is 14.7. The number of thiazole rings is 1. The number of nitrogens with zero attached hydrogens (tertiary/aromatic N) is 2. The van der Waals surface area contributed by atoms with Crippen LogP contribution in [0.2, 0.25) is 0 Å². The second-order valence-electron chi connectivity index (χ2n) is 4.87. The lowest BCUT2D eigenvalue weighted by Crippen LogP contribution is -2.21. The minimum atomic E-state index is -0.767. The standard InChI is InChI=1S/C15H18N2O2S/c1-11-3-5-12(6-4-11)13-10-20-14(16-13)9-17(2)8-7-15(18)19/h3-6,10H,7-9H2,1-2H3,(H,18,19). The third-order valence-corrected chi connectivity index (χ3v) is 3.85. The van der Waals surface area contributed by atoms with Crippen molar-refractivity contribution in [3.63, 3.8) is 0 Å². The van der Waals surface area contributed by atoms with Crippen LogP contribution in [0.25, 0.3) is 11.3 Å². The molecule has 1 aromatic carbocycles. The van der Waals surface area contributed by atoms with Crippen LogP contribution in [0.15, 0.2) is 29.6 Å². The lowest BCUT2D eigenvalue weighted by molar-refractivity contribution is -0.137. The zero-order chi connectivity index (χ0) is 14.5. The van der Waals surface area contributed by atoms with E-state index in [4.69, 9.17) is 5.11 Å². The Labute approximate surface area is 122 Å². The first-order chi connectivity index (χ1) is 9.54. The number of hydrogen-bond acceptors (Lipinski definition) is 4. The highest BCUT2D eigenvalue weighted by molar-refractivity contribution is 7.09. The van der Waals surface area contributed by atoms with Crippen LogP contribution in [0, 0.1) is 6.92 Å². The summed E-state index contributed by atoms with van der Waals surface area (Å²) in [5, 5.41) is 11.7. The van der Waals surface area contributed by atoms with E-state index < -0.39 is 5.97 Å². The van der Waals surface area contributed by atoms with Gasteiger partial charge in [0, 0.05) is 17.5 Å². The summed E-state index contributed by atoms with van der Waals surface area (Å²) in [5.41, 5.74) is 3.33. The van der Waals surface area contributed by atoms with Crippen molar-refractivity contribution in [3.8, 4) is 11.3 Å². The summed E-state index contributed by atoms with van der Waals surface area (Å²) in [6.07, 6.45) is 0.159. The molecule has 0 unspecified atom stereocenters. The Balaban J connectivity index is 1.98. The monoisotopic (exact) mass is 290 g/mol. The van der Waals surface area contributed by atoms with Gasteiger partial charge >= 0.3 is 5.97 Å². The molecule has 0 aliphatic heterocycles.